The normalized spacial score (nSPS) is 10.1. The summed E-state index contributed by atoms with van der Waals surface area (Å²) in [6.07, 6.45) is 0. The van der Waals surface area contributed by atoms with E-state index in [1.165, 1.54) is 0 Å². The molecule has 0 saturated heterocycles. The van der Waals surface area contributed by atoms with Gasteiger partial charge in [-0.2, -0.15) is 5.26 Å². The summed E-state index contributed by atoms with van der Waals surface area (Å²) in [4.78, 5) is 1.94. The van der Waals surface area contributed by atoms with Crippen molar-refractivity contribution < 1.29 is 0 Å². The van der Waals surface area contributed by atoms with Crippen molar-refractivity contribution in [3.63, 3.8) is 0 Å². The van der Waals surface area contributed by atoms with E-state index in [2.05, 4.69) is 6.07 Å². The highest BCUT2D eigenvalue weighted by Gasteiger charge is 2.10. The van der Waals surface area contributed by atoms with Gasteiger partial charge >= 0.3 is 0 Å². The first-order valence-electron chi connectivity index (χ1n) is 5.96. The second kappa shape index (κ2) is 6.04. The molecule has 2 aromatic carbocycles. The van der Waals surface area contributed by atoms with Crippen LogP contribution in [0, 0.1) is 11.3 Å². The first-order chi connectivity index (χ1) is 9.51. The molecule has 0 unspecified atom stereocenters. The summed E-state index contributed by atoms with van der Waals surface area (Å²) < 4.78 is 0. The highest BCUT2D eigenvalue weighted by atomic mass is 35.5. The molecule has 20 heavy (non-hydrogen) atoms. The Bertz CT molecular complexity index is 677. The van der Waals surface area contributed by atoms with Gasteiger partial charge in [0.2, 0.25) is 0 Å². The molecule has 0 saturated carbocycles. The first kappa shape index (κ1) is 14.5. The van der Waals surface area contributed by atoms with E-state index in [1.54, 1.807) is 24.3 Å². The van der Waals surface area contributed by atoms with E-state index in [9.17, 15) is 5.26 Å². The molecule has 3 nitrogen and oxygen atoms in total. The van der Waals surface area contributed by atoms with Crippen LogP contribution in [0.5, 0.6) is 0 Å². The van der Waals surface area contributed by atoms with Crippen LogP contribution in [0.4, 0.5) is 11.4 Å². The van der Waals surface area contributed by atoms with Crippen molar-refractivity contribution in [3.05, 3.63) is 57.6 Å². The predicted molar refractivity (Wildman–Crippen MR) is 84.1 cm³/mol. The number of nitrogens with zero attached hydrogens (tertiary/aromatic N) is 2. The van der Waals surface area contributed by atoms with Crippen LogP contribution in [0.25, 0.3) is 0 Å². The number of anilines is 2. The van der Waals surface area contributed by atoms with Crippen LogP contribution in [0.3, 0.4) is 0 Å². The molecule has 0 atom stereocenters. The van der Waals surface area contributed by atoms with E-state index in [-0.39, 0.29) is 0 Å². The minimum absolute atomic E-state index is 0.528. The Balaban J connectivity index is 2.31. The standard InChI is InChI=1S/C15H13Cl2N3/c1-20(9-11-7-13(19)3-4-14(11)17)15-5-2-12(16)6-10(15)8-18/h2-7H,9,19H2,1H3. The lowest BCUT2D eigenvalue weighted by molar-refractivity contribution is 0.921. The molecule has 0 heterocycles. The molecule has 0 aromatic heterocycles. The molecule has 0 aliphatic carbocycles. The van der Waals surface area contributed by atoms with Gasteiger partial charge < -0.3 is 10.6 Å². The number of halogens is 2. The molecule has 0 amide bonds. The predicted octanol–water partition coefficient (Wildman–Crippen LogP) is 4.08. The molecule has 2 N–H and O–H groups in total. The molecular weight excluding hydrogens is 293 g/mol. The van der Waals surface area contributed by atoms with Gasteiger partial charge in [-0.25, -0.2) is 0 Å². The smallest absolute Gasteiger partial charge is 0.101 e. The van der Waals surface area contributed by atoms with Gasteiger partial charge in [-0.05, 0) is 42.0 Å². The highest BCUT2D eigenvalue weighted by molar-refractivity contribution is 6.31. The van der Waals surface area contributed by atoms with Crippen molar-refractivity contribution in [2.45, 2.75) is 6.54 Å². The lowest BCUT2D eigenvalue weighted by Gasteiger charge is -2.21. The zero-order valence-electron chi connectivity index (χ0n) is 10.9. The largest absolute Gasteiger partial charge is 0.399 e. The minimum atomic E-state index is 0.528. The maximum atomic E-state index is 9.18. The summed E-state index contributed by atoms with van der Waals surface area (Å²) in [6.45, 7) is 0.556. The lowest BCUT2D eigenvalue weighted by Crippen LogP contribution is -2.18. The third-order valence-electron chi connectivity index (χ3n) is 2.97. The van der Waals surface area contributed by atoms with Crippen molar-refractivity contribution in [2.24, 2.45) is 0 Å². The van der Waals surface area contributed by atoms with Crippen LogP contribution < -0.4 is 10.6 Å². The Morgan fingerprint density at radius 1 is 1.20 bits per heavy atom. The molecule has 5 heteroatoms. The molecule has 0 aliphatic rings. The van der Waals surface area contributed by atoms with Gasteiger partial charge in [-0.1, -0.05) is 23.2 Å². The number of rotatable bonds is 3. The van der Waals surface area contributed by atoms with E-state index < -0.39 is 0 Å². The van der Waals surface area contributed by atoms with Crippen LogP contribution in [0.15, 0.2) is 36.4 Å². The van der Waals surface area contributed by atoms with E-state index >= 15 is 0 Å². The summed E-state index contributed by atoms with van der Waals surface area (Å²) >= 11 is 12.1. The van der Waals surface area contributed by atoms with Gasteiger partial charge in [-0.15, -0.1) is 0 Å². The molecule has 0 fully saturated rings. The van der Waals surface area contributed by atoms with Crippen molar-refractivity contribution in [2.75, 3.05) is 17.7 Å². The molecule has 0 radical (unpaired) electrons. The van der Waals surface area contributed by atoms with Gasteiger partial charge in [-0.3, -0.25) is 0 Å². The number of nitrogen functional groups attached to an aromatic ring is 1. The maximum absolute atomic E-state index is 9.18. The van der Waals surface area contributed by atoms with Crippen molar-refractivity contribution in [3.8, 4) is 6.07 Å². The van der Waals surface area contributed by atoms with E-state index in [0.29, 0.717) is 27.8 Å². The fourth-order valence-electron chi connectivity index (χ4n) is 1.99. The second-order valence-electron chi connectivity index (χ2n) is 4.48. The Morgan fingerprint density at radius 3 is 2.65 bits per heavy atom. The third-order valence-corrected chi connectivity index (χ3v) is 3.57. The number of benzene rings is 2. The van der Waals surface area contributed by atoms with Crippen LogP contribution in [0.1, 0.15) is 11.1 Å². The van der Waals surface area contributed by atoms with Crippen molar-refractivity contribution in [1.29, 1.82) is 5.26 Å². The second-order valence-corrected chi connectivity index (χ2v) is 5.32. The van der Waals surface area contributed by atoms with Crippen LogP contribution >= 0.6 is 23.2 Å². The van der Waals surface area contributed by atoms with Gasteiger partial charge in [0.1, 0.15) is 6.07 Å². The van der Waals surface area contributed by atoms with Crippen LogP contribution in [0.2, 0.25) is 10.0 Å². The topological polar surface area (TPSA) is 53.0 Å². The molecule has 0 bridgehead atoms. The van der Waals surface area contributed by atoms with Gasteiger partial charge in [0.05, 0.1) is 11.3 Å². The number of hydrogen-bond acceptors (Lipinski definition) is 3. The van der Waals surface area contributed by atoms with E-state index in [4.69, 9.17) is 28.9 Å². The Hall–Kier alpha value is -1.89. The molecule has 0 aliphatic heterocycles. The molecular formula is C15H13Cl2N3. The molecule has 0 spiro atoms. The van der Waals surface area contributed by atoms with Gasteiger partial charge in [0.15, 0.2) is 0 Å². The monoisotopic (exact) mass is 305 g/mol. The fourth-order valence-corrected chi connectivity index (χ4v) is 2.34. The molecule has 2 rings (SSSR count). The van der Waals surface area contributed by atoms with Crippen molar-refractivity contribution in [1.82, 2.24) is 0 Å². The van der Waals surface area contributed by atoms with Crippen LogP contribution in [-0.2, 0) is 6.54 Å². The summed E-state index contributed by atoms with van der Waals surface area (Å²) in [5, 5.41) is 10.4. The van der Waals surface area contributed by atoms with Gasteiger partial charge in [0, 0.05) is 29.3 Å². The van der Waals surface area contributed by atoms with E-state index in [1.807, 2.05) is 24.1 Å². The Labute approximate surface area is 128 Å². The van der Waals surface area contributed by atoms with Crippen molar-refractivity contribution >= 4 is 34.6 Å². The summed E-state index contributed by atoms with van der Waals surface area (Å²) in [5.41, 5.74) is 8.67. The third kappa shape index (κ3) is 3.16. The van der Waals surface area contributed by atoms with Crippen LogP contribution in [-0.4, -0.2) is 7.05 Å². The zero-order chi connectivity index (χ0) is 14.7. The number of nitriles is 1. The average Bonchev–Trinajstić information content (AvgIpc) is 2.42. The average molecular weight is 306 g/mol. The molecule has 102 valence electrons. The van der Waals surface area contributed by atoms with Gasteiger partial charge in [0.25, 0.3) is 0 Å². The zero-order valence-corrected chi connectivity index (χ0v) is 12.4. The fraction of sp³-hybridized carbons (Fsp3) is 0.133. The molecule has 2 aromatic rings. The van der Waals surface area contributed by atoms with E-state index in [0.717, 1.165) is 11.3 Å². The summed E-state index contributed by atoms with van der Waals surface area (Å²) in [5.74, 6) is 0. The Kier molecular flexibility index (Phi) is 4.39. The minimum Gasteiger partial charge on any atom is -0.399 e. The SMILES string of the molecule is CN(Cc1cc(N)ccc1Cl)c1ccc(Cl)cc1C#N. The number of nitrogens with two attached hydrogens (primary N) is 1. The lowest BCUT2D eigenvalue weighted by atomic mass is 10.1. The Morgan fingerprint density at radius 2 is 1.95 bits per heavy atom. The number of hydrogen-bond donors (Lipinski definition) is 1. The summed E-state index contributed by atoms with van der Waals surface area (Å²) in [7, 11) is 1.89. The maximum Gasteiger partial charge on any atom is 0.101 e. The highest BCUT2D eigenvalue weighted by Crippen LogP contribution is 2.26. The quantitative estimate of drug-likeness (QED) is 0.869. The summed E-state index contributed by atoms with van der Waals surface area (Å²) in [6, 6.07) is 12.7. The first-order valence-corrected chi connectivity index (χ1v) is 6.71.